The van der Waals surface area contributed by atoms with E-state index in [0.717, 1.165) is 80.2 Å². The summed E-state index contributed by atoms with van der Waals surface area (Å²) in [5.41, 5.74) is 5.50. The Hall–Kier alpha value is -3.20. The van der Waals surface area contributed by atoms with Gasteiger partial charge in [0.1, 0.15) is 0 Å². The van der Waals surface area contributed by atoms with Gasteiger partial charge < -0.3 is 19.9 Å². The van der Waals surface area contributed by atoms with Gasteiger partial charge in [0, 0.05) is 50.9 Å². The molecule has 9 heteroatoms. The third-order valence-corrected chi connectivity index (χ3v) is 7.11. The number of fused-ring (bicyclic) bond motifs is 2. The van der Waals surface area contributed by atoms with Gasteiger partial charge in [0.2, 0.25) is 11.9 Å². The van der Waals surface area contributed by atoms with Gasteiger partial charge in [-0.3, -0.25) is 4.79 Å². The molecule has 33 heavy (non-hydrogen) atoms. The summed E-state index contributed by atoms with van der Waals surface area (Å²) in [6.07, 6.45) is 4.68. The summed E-state index contributed by atoms with van der Waals surface area (Å²) in [5, 5.41) is 9.28. The first kappa shape index (κ1) is 20.4. The van der Waals surface area contributed by atoms with Crippen LogP contribution in [0, 0.1) is 0 Å². The molecule has 6 rings (SSSR count). The van der Waals surface area contributed by atoms with Gasteiger partial charge in [0.05, 0.1) is 36.5 Å². The molecule has 0 saturated carbocycles. The van der Waals surface area contributed by atoms with Gasteiger partial charge in [-0.05, 0) is 30.9 Å². The predicted octanol–water partition coefficient (Wildman–Crippen LogP) is 2.48. The van der Waals surface area contributed by atoms with E-state index < -0.39 is 0 Å². The van der Waals surface area contributed by atoms with Crippen LogP contribution >= 0.6 is 0 Å². The molecule has 1 amide bonds. The second-order valence-electron chi connectivity index (χ2n) is 9.04. The molecule has 172 valence electrons. The summed E-state index contributed by atoms with van der Waals surface area (Å²) < 4.78 is 7.63. The fourth-order valence-corrected chi connectivity index (χ4v) is 5.28. The van der Waals surface area contributed by atoms with Gasteiger partial charge in [-0.25, -0.2) is 9.67 Å². The smallest absolute Gasteiger partial charge is 0.228 e. The molecule has 0 atom stereocenters. The number of ether oxygens (including phenoxy) is 1. The van der Waals surface area contributed by atoms with Crippen molar-refractivity contribution < 1.29 is 9.53 Å². The van der Waals surface area contributed by atoms with Crippen molar-refractivity contribution in [1.82, 2.24) is 24.6 Å². The first-order chi connectivity index (χ1) is 16.2. The number of likely N-dealkylation sites (tertiary alicyclic amines) is 1. The zero-order valence-corrected chi connectivity index (χ0v) is 19.0. The number of aromatic nitrogens is 4. The number of nitrogens with one attached hydrogen (secondary N) is 1. The monoisotopic (exact) mass is 447 g/mol. The van der Waals surface area contributed by atoms with Crippen LogP contribution < -0.4 is 10.2 Å². The molecule has 9 nitrogen and oxygen atoms in total. The van der Waals surface area contributed by atoms with Gasteiger partial charge in [0.25, 0.3) is 0 Å². The van der Waals surface area contributed by atoms with Crippen LogP contribution in [0.15, 0.2) is 24.4 Å². The summed E-state index contributed by atoms with van der Waals surface area (Å²) in [7, 11) is 0. The Morgan fingerprint density at radius 3 is 2.73 bits per heavy atom. The number of nitrogens with zero attached hydrogens (tertiary/aromatic N) is 6. The summed E-state index contributed by atoms with van der Waals surface area (Å²) in [6, 6.07) is 6.62. The molecule has 5 heterocycles. The number of piperidine rings is 1. The maximum atomic E-state index is 11.8. The number of rotatable bonds is 3. The molecule has 0 aliphatic carbocycles. The fraction of sp³-hybridized carbons (Fsp3) is 0.500. The number of carbonyl (C=O) groups excluding carboxylic acids is 1. The van der Waals surface area contributed by atoms with E-state index in [9.17, 15) is 4.79 Å². The van der Waals surface area contributed by atoms with Gasteiger partial charge in [-0.1, -0.05) is 12.1 Å². The van der Waals surface area contributed by atoms with E-state index in [1.54, 1.807) is 6.92 Å². The Bertz CT molecular complexity index is 1190. The molecule has 0 radical (unpaired) electrons. The lowest BCUT2D eigenvalue weighted by atomic mass is 10.00. The van der Waals surface area contributed by atoms with E-state index in [0.29, 0.717) is 13.2 Å². The average molecular weight is 448 g/mol. The topological polar surface area (TPSA) is 88.4 Å². The minimum atomic E-state index is 0.143. The van der Waals surface area contributed by atoms with Crippen molar-refractivity contribution in [2.75, 3.05) is 56.2 Å². The molecule has 3 aromatic rings. The molecule has 2 saturated heterocycles. The zero-order valence-electron chi connectivity index (χ0n) is 19.0. The Morgan fingerprint density at radius 1 is 1.12 bits per heavy atom. The molecule has 0 unspecified atom stereocenters. The minimum absolute atomic E-state index is 0.143. The summed E-state index contributed by atoms with van der Waals surface area (Å²) >= 11 is 0. The maximum absolute atomic E-state index is 11.8. The number of carbonyl (C=O) groups is 1. The van der Waals surface area contributed by atoms with E-state index in [1.165, 1.54) is 11.3 Å². The SMILES string of the molecule is CC(=O)N1CCC(n2ncc3c(-c4cccc5c4CCN5)nc(N4CCOCC4)nc32)CC1. The molecule has 3 aliphatic rings. The maximum Gasteiger partial charge on any atom is 0.228 e. The molecule has 1 aromatic carbocycles. The van der Waals surface area contributed by atoms with Crippen LogP contribution in [0.4, 0.5) is 11.6 Å². The highest BCUT2D eigenvalue weighted by molar-refractivity contribution is 5.93. The lowest BCUT2D eigenvalue weighted by Crippen LogP contribution is -2.38. The Balaban J connectivity index is 1.46. The number of morpholine rings is 1. The highest BCUT2D eigenvalue weighted by atomic mass is 16.5. The van der Waals surface area contributed by atoms with Crippen LogP contribution in [0.3, 0.4) is 0 Å². The molecule has 1 N–H and O–H groups in total. The van der Waals surface area contributed by atoms with Crippen LogP contribution in [-0.2, 0) is 16.0 Å². The van der Waals surface area contributed by atoms with Gasteiger partial charge >= 0.3 is 0 Å². The average Bonchev–Trinajstić information content (AvgIpc) is 3.51. The second kappa shape index (κ2) is 8.30. The predicted molar refractivity (Wildman–Crippen MR) is 127 cm³/mol. The molecular weight excluding hydrogens is 418 g/mol. The van der Waals surface area contributed by atoms with E-state index >= 15 is 0 Å². The first-order valence-corrected chi connectivity index (χ1v) is 11.9. The Labute approximate surface area is 192 Å². The number of benzene rings is 1. The zero-order chi connectivity index (χ0) is 22.4. The van der Waals surface area contributed by atoms with Crippen molar-refractivity contribution in [2.45, 2.75) is 32.2 Å². The lowest BCUT2D eigenvalue weighted by Gasteiger charge is -2.31. The van der Waals surface area contributed by atoms with Crippen LogP contribution in [0.25, 0.3) is 22.3 Å². The fourth-order valence-electron chi connectivity index (χ4n) is 5.28. The van der Waals surface area contributed by atoms with Crippen LogP contribution in [0.2, 0.25) is 0 Å². The number of anilines is 2. The quantitative estimate of drug-likeness (QED) is 0.660. The highest BCUT2D eigenvalue weighted by Gasteiger charge is 2.27. The number of hydrogen-bond donors (Lipinski definition) is 1. The summed E-state index contributed by atoms with van der Waals surface area (Å²) in [4.78, 5) is 26.0. The molecule has 0 spiro atoms. The van der Waals surface area contributed by atoms with Crippen molar-refractivity contribution >= 4 is 28.6 Å². The number of amides is 1. The van der Waals surface area contributed by atoms with E-state index in [1.807, 2.05) is 11.1 Å². The Morgan fingerprint density at radius 2 is 1.94 bits per heavy atom. The van der Waals surface area contributed by atoms with Crippen LogP contribution in [0.5, 0.6) is 0 Å². The van der Waals surface area contributed by atoms with Gasteiger partial charge in [0.15, 0.2) is 5.65 Å². The lowest BCUT2D eigenvalue weighted by molar-refractivity contribution is -0.130. The van der Waals surface area contributed by atoms with E-state index in [-0.39, 0.29) is 11.9 Å². The van der Waals surface area contributed by atoms with Gasteiger partial charge in [-0.15, -0.1) is 0 Å². The minimum Gasteiger partial charge on any atom is -0.384 e. The molecule has 3 aliphatic heterocycles. The van der Waals surface area contributed by atoms with Crippen LogP contribution in [0.1, 0.15) is 31.4 Å². The molecular formula is C24H29N7O2. The van der Waals surface area contributed by atoms with Gasteiger partial charge in [-0.2, -0.15) is 10.1 Å². The van der Waals surface area contributed by atoms with Crippen molar-refractivity contribution in [2.24, 2.45) is 0 Å². The number of hydrogen-bond acceptors (Lipinski definition) is 7. The molecule has 0 bridgehead atoms. The first-order valence-electron chi connectivity index (χ1n) is 11.9. The van der Waals surface area contributed by atoms with Crippen molar-refractivity contribution in [3.05, 3.63) is 30.0 Å². The normalized spacial score (nSPS) is 19.1. The molecule has 2 fully saturated rings. The summed E-state index contributed by atoms with van der Waals surface area (Å²) in [5.74, 6) is 0.886. The third kappa shape index (κ3) is 3.60. The largest absolute Gasteiger partial charge is 0.384 e. The van der Waals surface area contributed by atoms with Crippen LogP contribution in [-0.4, -0.2) is 76.5 Å². The molecule has 2 aromatic heterocycles. The Kier molecular flexibility index (Phi) is 5.13. The third-order valence-electron chi connectivity index (χ3n) is 7.11. The second-order valence-corrected chi connectivity index (χ2v) is 9.04. The van der Waals surface area contributed by atoms with E-state index in [2.05, 4.69) is 33.1 Å². The van der Waals surface area contributed by atoms with Crippen molar-refractivity contribution in [1.29, 1.82) is 0 Å². The summed E-state index contributed by atoms with van der Waals surface area (Å²) in [6.45, 7) is 7.04. The van der Waals surface area contributed by atoms with Crippen molar-refractivity contribution in [3.8, 4) is 11.3 Å². The highest BCUT2D eigenvalue weighted by Crippen LogP contribution is 2.37. The standard InChI is InChI=1S/C24H29N7O2/c1-16(32)29-9-6-17(7-10-29)31-23-20(15-26-31)22(19-3-2-4-21-18(19)5-8-25-21)27-24(28-23)30-11-13-33-14-12-30/h2-4,15,17,25H,5-14H2,1H3. The van der Waals surface area contributed by atoms with E-state index in [4.69, 9.17) is 19.8 Å². The van der Waals surface area contributed by atoms with Crippen molar-refractivity contribution in [3.63, 3.8) is 0 Å².